The number of nitrogens with two attached hydrogens (primary N) is 2. The third-order valence-corrected chi connectivity index (χ3v) is 5.13. The molecule has 0 amide bonds. The maximum Gasteiger partial charge on any atom is 0.316 e. The first-order chi connectivity index (χ1) is 10.8. The van der Waals surface area contributed by atoms with Crippen molar-refractivity contribution in [3.8, 4) is 0 Å². The lowest BCUT2D eigenvalue weighted by molar-refractivity contribution is -0.152. The Morgan fingerprint density at radius 3 is 2.61 bits per heavy atom. The molecule has 0 aromatic carbocycles. The molecule has 3 unspecified atom stereocenters. The number of aromatic nitrogens is 2. The Kier molecular flexibility index (Phi) is 6.10. The first kappa shape index (κ1) is 17.8. The number of thioether (sulfide) groups is 1. The minimum absolute atomic E-state index is 0.0127. The summed E-state index contributed by atoms with van der Waals surface area (Å²) in [5, 5.41) is 0.400. The minimum atomic E-state index is -0.232. The fourth-order valence-electron chi connectivity index (χ4n) is 3.10. The molecule has 23 heavy (non-hydrogen) atoms. The highest BCUT2D eigenvalue weighted by atomic mass is 32.2. The molecule has 1 aliphatic carbocycles. The molecule has 7 heteroatoms. The second kappa shape index (κ2) is 7.86. The van der Waals surface area contributed by atoms with Crippen molar-refractivity contribution in [3.05, 3.63) is 6.07 Å². The number of nitrogens with zero attached hydrogens (tertiary/aromatic N) is 2. The Morgan fingerprint density at radius 1 is 1.35 bits per heavy atom. The van der Waals surface area contributed by atoms with Gasteiger partial charge in [-0.3, -0.25) is 4.79 Å². The Bertz CT molecular complexity index is 533. The number of hydrogen-bond donors (Lipinski definition) is 2. The summed E-state index contributed by atoms with van der Waals surface area (Å²) in [7, 11) is 0. The van der Waals surface area contributed by atoms with E-state index in [4.69, 9.17) is 16.2 Å². The smallest absolute Gasteiger partial charge is 0.316 e. The van der Waals surface area contributed by atoms with Crippen molar-refractivity contribution in [2.24, 2.45) is 17.8 Å². The van der Waals surface area contributed by atoms with Crippen molar-refractivity contribution in [1.29, 1.82) is 0 Å². The predicted octanol–water partition coefficient (Wildman–Crippen LogP) is 2.74. The average molecular weight is 338 g/mol. The van der Waals surface area contributed by atoms with Crippen LogP contribution in [0.2, 0.25) is 0 Å². The molecule has 1 aromatic rings. The maximum absolute atomic E-state index is 12.2. The zero-order valence-electron chi connectivity index (χ0n) is 14.0. The van der Waals surface area contributed by atoms with Crippen molar-refractivity contribution in [1.82, 2.24) is 9.97 Å². The number of carbonyl (C=O) groups excluding carboxylic acids is 1. The lowest BCUT2D eigenvalue weighted by atomic mass is 9.75. The van der Waals surface area contributed by atoms with Crippen molar-refractivity contribution >= 4 is 29.4 Å². The Balaban J connectivity index is 1.90. The van der Waals surface area contributed by atoms with Crippen LogP contribution in [-0.2, 0) is 9.53 Å². The number of hydrogen-bond acceptors (Lipinski definition) is 7. The van der Waals surface area contributed by atoms with Crippen LogP contribution in [0.4, 0.5) is 11.6 Å². The number of nitrogen functional groups attached to an aromatic ring is 2. The van der Waals surface area contributed by atoms with Gasteiger partial charge >= 0.3 is 5.97 Å². The number of carbonyl (C=O) groups is 1. The fraction of sp³-hybridized carbons (Fsp3) is 0.688. The monoisotopic (exact) mass is 338 g/mol. The molecule has 1 aliphatic rings. The van der Waals surface area contributed by atoms with E-state index in [2.05, 4.69) is 30.7 Å². The molecular formula is C16H26N4O2S. The van der Waals surface area contributed by atoms with E-state index in [0.29, 0.717) is 34.5 Å². The topological polar surface area (TPSA) is 104 Å². The summed E-state index contributed by atoms with van der Waals surface area (Å²) in [5.41, 5.74) is 11.2. The summed E-state index contributed by atoms with van der Waals surface area (Å²) in [5.74, 6) is 2.10. The van der Waals surface area contributed by atoms with Crippen LogP contribution in [0.3, 0.4) is 0 Å². The normalized spacial score (nSPS) is 24.6. The van der Waals surface area contributed by atoms with Crippen molar-refractivity contribution in [2.45, 2.75) is 51.3 Å². The second-order valence-electron chi connectivity index (χ2n) is 6.64. The van der Waals surface area contributed by atoms with E-state index in [1.807, 2.05) is 0 Å². The van der Waals surface area contributed by atoms with E-state index in [1.165, 1.54) is 24.2 Å². The average Bonchev–Trinajstić information content (AvgIpc) is 2.44. The van der Waals surface area contributed by atoms with E-state index in [9.17, 15) is 4.79 Å². The molecule has 1 aromatic heterocycles. The van der Waals surface area contributed by atoms with Gasteiger partial charge in [0.2, 0.25) is 0 Å². The molecule has 0 aliphatic heterocycles. The summed E-state index contributed by atoms with van der Waals surface area (Å²) in [4.78, 5) is 20.3. The Morgan fingerprint density at radius 2 is 2.00 bits per heavy atom. The van der Waals surface area contributed by atoms with Gasteiger partial charge in [0.25, 0.3) is 0 Å². The molecule has 1 heterocycles. The zero-order chi connectivity index (χ0) is 17.0. The van der Waals surface area contributed by atoms with Gasteiger partial charge in [0, 0.05) is 6.07 Å². The van der Waals surface area contributed by atoms with Crippen LogP contribution < -0.4 is 11.5 Å². The molecule has 2 rings (SSSR count). The first-order valence-corrected chi connectivity index (χ1v) is 9.06. The minimum Gasteiger partial charge on any atom is -0.461 e. The molecule has 128 valence electrons. The van der Waals surface area contributed by atoms with Crippen LogP contribution in [0.5, 0.6) is 0 Å². The molecule has 0 saturated heterocycles. The molecular weight excluding hydrogens is 312 g/mol. The van der Waals surface area contributed by atoms with Gasteiger partial charge in [0.05, 0.1) is 5.75 Å². The van der Waals surface area contributed by atoms with E-state index >= 15 is 0 Å². The number of esters is 1. The van der Waals surface area contributed by atoms with Gasteiger partial charge in [-0.1, -0.05) is 39.0 Å². The molecule has 1 fully saturated rings. The third-order valence-electron chi connectivity index (χ3n) is 4.31. The van der Waals surface area contributed by atoms with Crippen molar-refractivity contribution in [3.63, 3.8) is 0 Å². The first-order valence-electron chi connectivity index (χ1n) is 8.07. The van der Waals surface area contributed by atoms with Crippen LogP contribution in [0.1, 0.15) is 40.0 Å². The van der Waals surface area contributed by atoms with Gasteiger partial charge in [-0.05, 0) is 30.6 Å². The number of rotatable bonds is 5. The summed E-state index contributed by atoms with van der Waals surface area (Å²) < 4.78 is 5.74. The highest BCUT2D eigenvalue weighted by Gasteiger charge is 2.33. The maximum atomic E-state index is 12.2. The molecule has 6 nitrogen and oxygen atoms in total. The van der Waals surface area contributed by atoms with Crippen LogP contribution in [0, 0.1) is 17.8 Å². The van der Waals surface area contributed by atoms with Crippen molar-refractivity contribution < 1.29 is 9.53 Å². The molecule has 0 spiro atoms. The highest BCUT2D eigenvalue weighted by molar-refractivity contribution is 7.99. The van der Waals surface area contributed by atoms with Gasteiger partial charge in [-0.25, -0.2) is 9.97 Å². The van der Waals surface area contributed by atoms with Gasteiger partial charge < -0.3 is 16.2 Å². The third kappa shape index (κ3) is 5.27. The molecule has 4 N–H and O–H groups in total. The Labute approximate surface area is 141 Å². The SMILES string of the molecule is CC1CCC(C(C)C)C(OC(=O)CSc2nc(N)cc(N)n2)C1. The summed E-state index contributed by atoms with van der Waals surface area (Å²) in [6.45, 7) is 6.61. The summed E-state index contributed by atoms with van der Waals surface area (Å²) in [6.07, 6.45) is 3.29. The molecule has 0 bridgehead atoms. The van der Waals surface area contributed by atoms with Gasteiger partial charge in [-0.2, -0.15) is 0 Å². The summed E-state index contributed by atoms with van der Waals surface area (Å²) >= 11 is 1.20. The fourth-order valence-corrected chi connectivity index (χ4v) is 3.76. The number of ether oxygens (including phenoxy) is 1. The summed E-state index contributed by atoms with van der Waals surface area (Å²) in [6, 6.07) is 1.49. The van der Waals surface area contributed by atoms with Crippen LogP contribution >= 0.6 is 11.8 Å². The lowest BCUT2D eigenvalue weighted by Gasteiger charge is -2.36. The lowest BCUT2D eigenvalue weighted by Crippen LogP contribution is -2.36. The van der Waals surface area contributed by atoms with Crippen LogP contribution in [-0.4, -0.2) is 27.8 Å². The van der Waals surface area contributed by atoms with E-state index < -0.39 is 0 Å². The second-order valence-corrected chi connectivity index (χ2v) is 7.59. The van der Waals surface area contributed by atoms with Crippen LogP contribution in [0.25, 0.3) is 0 Å². The largest absolute Gasteiger partial charge is 0.461 e. The highest BCUT2D eigenvalue weighted by Crippen LogP contribution is 2.35. The van der Waals surface area contributed by atoms with Crippen molar-refractivity contribution in [2.75, 3.05) is 17.2 Å². The van der Waals surface area contributed by atoms with Gasteiger partial charge in [0.1, 0.15) is 17.7 Å². The van der Waals surface area contributed by atoms with E-state index in [-0.39, 0.29) is 17.8 Å². The van der Waals surface area contributed by atoms with Crippen LogP contribution in [0.15, 0.2) is 11.2 Å². The predicted molar refractivity (Wildman–Crippen MR) is 92.8 cm³/mol. The van der Waals surface area contributed by atoms with E-state index in [1.54, 1.807) is 0 Å². The van der Waals surface area contributed by atoms with E-state index in [0.717, 1.165) is 12.8 Å². The Hall–Kier alpha value is -1.50. The van der Waals surface area contributed by atoms with Gasteiger partial charge in [0.15, 0.2) is 5.16 Å². The molecule has 1 saturated carbocycles. The van der Waals surface area contributed by atoms with Gasteiger partial charge in [-0.15, -0.1) is 0 Å². The number of anilines is 2. The quantitative estimate of drug-likeness (QED) is 0.483. The molecule has 0 radical (unpaired) electrons. The standard InChI is InChI=1S/C16H26N4O2S/c1-9(2)11-5-4-10(3)6-12(11)22-15(21)8-23-16-19-13(17)7-14(18)20-16/h7,9-12H,4-6,8H2,1-3H3,(H4,17,18,19,20). The zero-order valence-corrected chi connectivity index (χ0v) is 14.8. The molecule has 3 atom stereocenters.